The topological polar surface area (TPSA) is 77.0 Å². The molecule has 7 nitrogen and oxygen atoms in total. The van der Waals surface area contributed by atoms with Crippen LogP contribution in [0.5, 0.6) is 0 Å². The maximum Gasteiger partial charge on any atom is 0.227 e. The fourth-order valence-electron chi connectivity index (χ4n) is 3.49. The quantitative estimate of drug-likeness (QED) is 0.671. The van der Waals surface area contributed by atoms with Crippen LogP contribution in [0.25, 0.3) is 11.4 Å². The molecular weight excluding hydrogens is 342 g/mol. The van der Waals surface area contributed by atoms with Crippen LogP contribution in [-0.2, 0) is 17.8 Å². The van der Waals surface area contributed by atoms with Crippen LogP contribution in [-0.4, -0.2) is 43.6 Å². The molecule has 1 aliphatic rings. The molecule has 0 radical (unpaired) electrons. The molecule has 1 aliphatic heterocycles. The number of aromatic nitrogens is 4. The molecule has 3 aromatic rings. The zero-order valence-electron chi connectivity index (χ0n) is 15.2. The maximum atomic E-state index is 12.5. The van der Waals surface area contributed by atoms with E-state index in [1.807, 2.05) is 47.8 Å². The molecule has 1 saturated heterocycles. The van der Waals surface area contributed by atoms with Crippen molar-refractivity contribution in [3.63, 3.8) is 0 Å². The number of carbonyl (C=O) groups excluding carboxylic acids is 1. The van der Waals surface area contributed by atoms with Gasteiger partial charge in [0.2, 0.25) is 17.6 Å². The van der Waals surface area contributed by atoms with E-state index in [1.165, 1.54) is 0 Å². The van der Waals surface area contributed by atoms with E-state index in [4.69, 9.17) is 4.52 Å². The van der Waals surface area contributed by atoms with E-state index in [2.05, 4.69) is 19.7 Å². The largest absolute Gasteiger partial charge is 0.343 e. The monoisotopic (exact) mass is 365 g/mol. The molecule has 27 heavy (non-hydrogen) atoms. The molecule has 1 fully saturated rings. The number of piperidine rings is 1. The van der Waals surface area contributed by atoms with Gasteiger partial charge < -0.3 is 14.0 Å². The van der Waals surface area contributed by atoms with Crippen molar-refractivity contribution in [1.82, 2.24) is 24.6 Å². The van der Waals surface area contributed by atoms with Gasteiger partial charge in [0.15, 0.2) is 0 Å². The Labute approximate surface area is 158 Å². The van der Waals surface area contributed by atoms with E-state index in [-0.39, 0.29) is 5.91 Å². The third kappa shape index (κ3) is 4.42. The lowest BCUT2D eigenvalue weighted by atomic mass is 9.96. The van der Waals surface area contributed by atoms with Gasteiger partial charge in [-0.3, -0.25) is 4.79 Å². The molecular formula is C20H23N5O2. The first-order valence-corrected chi connectivity index (χ1v) is 9.39. The molecule has 0 N–H and O–H groups in total. The molecule has 0 unspecified atom stereocenters. The predicted molar refractivity (Wildman–Crippen MR) is 99.6 cm³/mol. The summed E-state index contributed by atoms with van der Waals surface area (Å²) in [6, 6.07) is 9.69. The summed E-state index contributed by atoms with van der Waals surface area (Å²) >= 11 is 0. The van der Waals surface area contributed by atoms with Crippen molar-refractivity contribution in [3.05, 3.63) is 54.9 Å². The van der Waals surface area contributed by atoms with E-state index in [0.29, 0.717) is 30.5 Å². The van der Waals surface area contributed by atoms with Crippen LogP contribution in [0.2, 0.25) is 0 Å². The first-order chi connectivity index (χ1) is 13.3. The van der Waals surface area contributed by atoms with Crippen LogP contribution in [0.3, 0.4) is 0 Å². The van der Waals surface area contributed by atoms with Gasteiger partial charge in [-0.1, -0.05) is 35.5 Å². The second-order valence-corrected chi connectivity index (χ2v) is 6.96. The summed E-state index contributed by atoms with van der Waals surface area (Å²) in [5, 5.41) is 4.00. The third-order valence-corrected chi connectivity index (χ3v) is 5.05. The highest BCUT2D eigenvalue weighted by Crippen LogP contribution is 2.20. The average molecular weight is 365 g/mol. The maximum absolute atomic E-state index is 12.5. The van der Waals surface area contributed by atoms with Gasteiger partial charge in [-0.05, 0) is 18.8 Å². The minimum atomic E-state index is 0.163. The van der Waals surface area contributed by atoms with E-state index >= 15 is 0 Å². The molecule has 1 aromatic carbocycles. The van der Waals surface area contributed by atoms with Crippen molar-refractivity contribution in [2.24, 2.45) is 5.92 Å². The number of hydrogen-bond acceptors (Lipinski definition) is 5. The van der Waals surface area contributed by atoms with Crippen LogP contribution < -0.4 is 0 Å². The number of amides is 1. The van der Waals surface area contributed by atoms with Crippen LogP contribution in [0.15, 0.2) is 53.6 Å². The molecule has 2 aromatic heterocycles. The molecule has 0 aliphatic carbocycles. The molecule has 7 heteroatoms. The molecule has 140 valence electrons. The SMILES string of the molecule is O=C(CCc1nc(-c2ccccc2)no1)N1CCC(Cn2ccnc2)CC1. The zero-order valence-corrected chi connectivity index (χ0v) is 15.2. The summed E-state index contributed by atoms with van der Waals surface area (Å²) in [5.74, 6) is 1.85. The van der Waals surface area contributed by atoms with Gasteiger partial charge in [0.1, 0.15) is 0 Å². The minimum absolute atomic E-state index is 0.163. The molecule has 0 bridgehead atoms. The van der Waals surface area contributed by atoms with Gasteiger partial charge in [-0.2, -0.15) is 4.98 Å². The molecule has 1 amide bonds. The van der Waals surface area contributed by atoms with Gasteiger partial charge in [0.05, 0.1) is 6.33 Å². The Morgan fingerprint density at radius 2 is 2.00 bits per heavy atom. The Kier molecular flexibility index (Phi) is 5.27. The second-order valence-electron chi connectivity index (χ2n) is 6.96. The van der Waals surface area contributed by atoms with Crippen LogP contribution in [0.1, 0.15) is 25.2 Å². The standard InChI is InChI=1S/C20H23N5O2/c26-19(25-11-8-16(9-12-25)14-24-13-10-21-15-24)7-6-18-22-20(23-27-18)17-4-2-1-3-5-17/h1-5,10,13,15-16H,6-9,11-12,14H2. The highest BCUT2D eigenvalue weighted by molar-refractivity contribution is 5.76. The lowest BCUT2D eigenvalue weighted by molar-refractivity contribution is -0.132. The number of benzene rings is 1. The summed E-state index contributed by atoms with van der Waals surface area (Å²) in [7, 11) is 0. The van der Waals surface area contributed by atoms with Crippen molar-refractivity contribution in [2.75, 3.05) is 13.1 Å². The van der Waals surface area contributed by atoms with Gasteiger partial charge in [-0.25, -0.2) is 4.98 Å². The van der Waals surface area contributed by atoms with E-state index < -0.39 is 0 Å². The molecule has 3 heterocycles. The number of likely N-dealkylation sites (tertiary alicyclic amines) is 1. The fourth-order valence-corrected chi connectivity index (χ4v) is 3.49. The van der Waals surface area contributed by atoms with Crippen molar-refractivity contribution in [2.45, 2.75) is 32.2 Å². The Bertz CT molecular complexity index is 852. The van der Waals surface area contributed by atoms with Crippen LogP contribution in [0, 0.1) is 5.92 Å². The Morgan fingerprint density at radius 3 is 2.74 bits per heavy atom. The lowest BCUT2D eigenvalue weighted by Gasteiger charge is -2.32. The number of nitrogens with zero attached hydrogens (tertiary/aromatic N) is 5. The van der Waals surface area contributed by atoms with Gasteiger partial charge in [-0.15, -0.1) is 0 Å². The second kappa shape index (κ2) is 8.16. The van der Waals surface area contributed by atoms with E-state index in [9.17, 15) is 4.79 Å². The van der Waals surface area contributed by atoms with Gasteiger partial charge >= 0.3 is 0 Å². The first kappa shape index (κ1) is 17.5. The summed E-state index contributed by atoms with van der Waals surface area (Å²) in [6.45, 7) is 2.61. The molecule has 0 atom stereocenters. The predicted octanol–water partition coefficient (Wildman–Crippen LogP) is 2.80. The van der Waals surface area contributed by atoms with Crippen molar-refractivity contribution in [3.8, 4) is 11.4 Å². The lowest BCUT2D eigenvalue weighted by Crippen LogP contribution is -2.39. The number of imidazole rings is 1. The van der Waals surface area contributed by atoms with Crippen molar-refractivity contribution >= 4 is 5.91 Å². The Hall–Kier alpha value is -2.96. The van der Waals surface area contributed by atoms with Crippen molar-refractivity contribution in [1.29, 1.82) is 0 Å². The average Bonchev–Trinajstić information content (AvgIpc) is 3.39. The number of aryl methyl sites for hydroxylation is 1. The Morgan fingerprint density at radius 1 is 1.19 bits per heavy atom. The number of rotatable bonds is 6. The highest BCUT2D eigenvalue weighted by Gasteiger charge is 2.23. The Balaban J connectivity index is 1.24. The highest BCUT2D eigenvalue weighted by atomic mass is 16.5. The fraction of sp³-hybridized carbons (Fsp3) is 0.400. The summed E-state index contributed by atoms with van der Waals surface area (Å²) in [6.07, 6.45) is 8.60. The number of hydrogen-bond donors (Lipinski definition) is 0. The molecule has 0 spiro atoms. The first-order valence-electron chi connectivity index (χ1n) is 9.39. The zero-order chi connectivity index (χ0) is 18.5. The van der Waals surface area contributed by atoms with Crippen LogP contribution in [0.4, 0.5) is 0 Å². The molecule has 4 rings (SSSR count). The third-order valence-electron chi connectivity index (χ3n) is 5.05. The van der Waals surface area contributed by atoms with Gasteiger partial charge in [0.25, 0.3) is 0 Å². The summed E-state index contributed by atoms with van der Waals surface area (Å²) < 4.78 is 7.41. The van der Waals surface area contributed by atoms with E-state index in [1.54, 1.807) is 6.20 Å². The summed E-state index contributed by atoms with van der Waals surface area (Å²) in [4.78, 5) is 22.9. The normalized spacial score (nSPS) is 15.2. The van der Waals surface area contributed by atoms with Crippen LogP contribution >= 0.6 is 0 Å². The molecule has 0 saturated carbocycles. The summed E-state index contributed by atoms with van der Waals surface area (Å²) in [5.41, 5.74) is 0.916. The van der Waals surface area contributed by atoms with E-state index in [0.717, 1.165) is 38.0 Å². The number of carbonyl (C=O) groups is 1. The smallest absolute Gasteiger partial charge is 0.227 e. The van der Waals surface area contributed by atoms with Crippen molar-refractivity contribution < 1.29 is 9.32 Å². The van der Waals surface area contributed by atoms with Gasteiger partial charge in [0, 0.05) is 50.4 Å². The minimum Gasteiger partial charge on any atom is -0.343 e.